The van der Waals surface area contributed by atoms with Gasteiger partial charge in [0, 0.05) is 3.57 Å². The number of hydrogen-bond donors (Lipinski definition) is 2. The largest absolute Gasteiger partial charge is 0.506 e. The number of aromatic hydroxyl groups is 1. The average Bonchev–Trinajstić information content (AvgIpc) is 2.40. The van der Waals surface area contributed by atoms with Crippen molar-refractivity contribution in [3.63, 3.8) is 0 Å². The lowest BCUT2D eigenvalue weighted by molar-refractivity contribution is 0.0693. The summed E-state index contributed by atoms with van der Waals surface area (Å²) in [6.07, 6.45) is 0.671. The van der Waals surface area contributed by atoms with Crippen molar-refractivity contribution in [2.45, 2.75) is 6.42 Å². The third-order valence-corrected chi connectivity index (χ3v) is 4.87. The molecule has 3 nitrogen and oxygen atoms in total. The SMILES string of the molecule is O=C(O)c1cc(I)c(Cc2ccccc2)c(I)c1O. The fourth-order valence-electron chi connectivity index (χ4n) is 1.77. The second-order valence-electron chi connectivity index (χ2n) is 4.01. The van der Waals surface area contributed by atoms with E-state index in [9.17, 15) is 9.90 Å². The highest BCUT2D eigenvalue weighted by Crippen LogP contribution is 2.32. The lowest BCUT2D eigenvalue weighted by Gasteiger charge is -2.11. The van der Waals surface area contributed by atoms with E-state index in [0.717, 1.165) is 14.7 Å². The number of hydrogen-bond acceptors (Lipinski definition) is 2. The zero-order chi connectivity index (χ0) is 14.0. The van der Waals surface area contributed by atoms with Crippen LogP contribution < -0.4 is 0 Å². The van der Waals surface area contributed by atoms with Crippen molar-refractivity contribution in [1.82, 2.24) is 0 Å². The molecule has 0 saturated heterocycles. The van der Waals surface area contributed by atoms with Gasteiger partial charge >= 0.3 is 5.97 Å². The Morgan fingerprint density at radius 3 is 2.37 bits per heavy atom. The van der Waals surface area contributed by atoms with Crippen molar-refractivity contribution in [3.8, 4) is 5.75 Å². The minimum absolute atomic E-state index is 0.0504. The summed E-state index contributed by atoms with van der Waals surface area (Å²) in [5, 5.41) is 19.0. The van der Waals surface area contributed by atoms with E-state index in [1.807, 2.05) is 52.9 Å². The molecule has 98 valence electrons. The topological polar surface area (TPSA) is 57.5 Å². The Bertz CT molecular complexity index is 624. The Kier molecular flexibility index (Phi) is 4.67. The fourth-order valence-corrected chi connectivity index (χ4v) is 3.83. The van der Waals surface area contributed by atoms with Gasteiger partial charge in [-0.1, -0.05) is 30.3 Å². The number of halogens is 2. The molecule has 0 unspecified atom stereocenters. The number of benzene rings is 2. The molecule has 0 atom stereocenters. The summed E-state index contributed by atoms with van der Waals surface area (Å²) >= 11 is 4.11. The molecule has 0 aliphatic carbocycles. The first kappa shape index (κ1) is 14.6. The smallest absolute Gasteiger partial charge is 0.339 e. The molecule has 19 heavy (non-hydrogen) atoms. The van der Waals surface area contributed by atoms with Crippen LogP contribution in [0.25, 0.3) is 0 Å². The third-order valence-electron chi connectivity index (χ3n) is 2.74. The van der Waals surface area contributed by atoms with Gasteiger partial charge in [-0.25, -0.2) is 4.79 Å². The Balaban J connectivity index is 2.48. The monoisotopic (exact) mass is 480 g/mol. The van der Waals surface area contributed by atoms with Gasteiger partial charge < -0.3 is 10.2 Å². The molecule has 2 rings (SSSR count). The van der Waals surface area contributed by atoms with E-state index < -0.39 is 5.97 Å². The van der Waals surface area contributed by atoms with Crippen LogP contribution >= 0.6 is 45.2 Å². The molecular weight excluding hydrogens is 470 g/mol. The van der Waals surface area contributed by atoms with Gasteiger partial charge in [-0.15, -0.1) is 0 Å². The first-order valence-corrected chi connectivity index (χ1v) is 7.63. The zero-order valence-electron chi connectivity index (χ0n) is 9.73. The van der Waals surface area contributed by atoms with E-state index in [-0.39, 0.29) is 11.3 Å². The summed E-state index contributed by atoms with van der Waals surface area (Å²) in [6.45, 7) is 0. The first-order chi connectivity index (χ1) is 9.00. The second-order valence-corrected chi connectivity index (χ2v) is 6.26. The standard InChI is InChI=1S/C14H10I2O3/c15-11-7-10(14(18)19)13(17)12(16)9(11)6-8-4-2-1-3-5-8/h1-5,7,17H,6H2,(H,18,19). The number of carbonyl (C=O) groups is 1. The minimum atomic E-state index is -1.11. The summed E-state index contributed by atoms with van der Waals surface area (Å²) in [5.41, 5.74) is 2.03. The van der Waals surface area contributed by atoms with Crippen molar-refractivity contribution >= 4 is 51.2 Å². The highest BCUT2D eigenvalue weighted by molar-refractivity contribution is 14.1. The zero-order valence-corrected chi connectivity index (χ0v) is 14.0. The quantitative estimate of drug-likeness (QED) is 0.657. The maximum absolute atomic E-state index is 11.0. The molecule has 2 aromatic carbocycles. The van der Waals surface area contributed by atoms with E-state index in [2.05, 4.69) is 22.6 Å². The minimum Gasteiger partial charge on any atom is -0.506 e. The normalized spacial score (nSPS) is 10.4. The summed E-state index contributed by atoms with van der Waals surface area (Å²) in [6, 6.07) is 11.4. The van der Waals surface area contributed by atoms with Crippen LogP contribution in [0, 0.1) is 7.14 Å². The molecule has 2 aromatic rings. The van der Waals surface area contributed by atoms with E-state index in [4.69, 9.17) is 5.11 Å². The van der Waals surface area contributed by atoms with Gasteiger partial charge in [0.15, 0.2) is 0 Å². The van der Waals surface area contributed by atoms with Gasteiger partial charge in [0.1, 0.15) is 11.3 Å². The third kappa shape index (κ3) is 3.19. The molecule has 0 saturated carbocycles. The van der Waals surface area contributed by atoms with Crippen molar-refractivity contribution in [1.29, 1.82) is 0 Å². The maximum Gasteiger partial charge on any atom is 0.339 e. The van der Waals surface area contributed by atoms with Gasteiger partial charge in [0.05, 0.1) is 3.57 Å². The highest BCUT2D eigenvalue weighted by Gasteiger charge is 2.18. The maximum atomic E-state index is 11.0. The summed E-state index contributed by atoms with van der Waals surface area (Å²) in [7, 11) is 0. The molecule has 0 bridgehead atoms. The van der Waals surface area contributed by atoms with Crippen molar-refractivity contribution < 1.29 is 15.0 Å². The van der Waals surface area contributed by atoms with Gasteiger partial charge in [0.25, 0.3) is 0 Å². The van der Waals surface area contributed by atoms with Crippen molar-refractivity contribution in [3.05, 3.63) is 60.2 Å². The molecule has 0 amide bonds. The highest BCUT2D eigenvalue weighted by atomic mass is 127. The Morgan fingerprint density at radius 1 is 1.16 bits per heavy atom. The van der Waals surface area contributed by atoms with Crippen LogP contribution in [0.3, 0.4) is 0 Å². The fraction of sp³-hybridized carbons (Fsp3) is 0.0714. The summed E-state index contributed by atoms with van der Waals surface area (Å²) in [4.78, 5) is 11.0. The van der Waals surface area contributed by atoms with Gasteiger partial charge in [-0.05, 0) is 68.8 Å². The van der Waals surface area contributed by atoms with Crippen LogP contribution in [0.1, 0.15) is 21.5 Å². The van der Waals surface area contributed by atoms with E-state index in [0.29, 0.717) is 9.99 Å². The van der Waals surface area contributed by atoms with Gasteiger partial charge in [-0.3, -0.25) is 0 Å². The van der Waals surface area contributed by atoms with Crippen LogP contribution in [-0.4, -0.2) is 16.2 Å². The molecule has 2 N–H and O–H groups in total. The molecule has 0 spiro atoms. The second kappa shape index (κ2) is 6.08. The van der Waals surface area contributed by atoms with Crippen LogP contribution in [0.5, 0.6) is 5.75 Å². The van der Waals surface area contributed by atoms with Gasteiger partial charge in [0.2, 0.25) is 0 Å². The van der Waals surface area contributed by atoms with E-state index in [1.54, 1.807) is 0 Å². The van der Waals surface area contributed by atoms with Crippen molar-refractivity contribution in [2.75, 3.05) is 0 Å². The molecular formula is C14H10I2O3. The van der Waals surface area contributed by atoms with Crippen molar-refractivity contribution in [2.24, 2.45) is 0 Å². The number of rotatable bonds is 3. The first-order valence-electron chi connectivity index (χ1n) is 5.47. The molecule has 5 heteroatoms. The average molecular weight is 480 g/mol. The summed E-state index contributed by atoms with van der Waals surface area (Å²) in [5.74, 6) is -1.26. The lowest BCUT2D eigenvalue weighted by Crippen LogP contribution is -2.03. The molecule has 0 radical (unpaired) electrons. The van der Waals surface area contributed by atoms with Crippen LogP contribution in [0.15, 0.2) is 36.4 Å². The van der Waals surface area contributed by atoms with Crippen LogP contribution in [0.4, 0.5) is 0 Å². The van der Waals surface area contributed by atoms with E-state index in [1.165, 1.54) is 6.07 Å². The predicted octanol–water partition coefficient (Wildman–Crippen LogP) is 3.89. The number of carboxylic acids is 1. The predicted molar refractivity (Wildman–Crippen MR) is 89.7 cm³/mol. The van der Waals surface area contributed by atoms with Gasteiger partial charge in [-0.2, -0.15) is 0 Å². The molecule has 0 fully saturated rings. The Hall–Kier alpha value is -0.830. The molecule has 0 aliphatic heterocycles. The van der Waals surface area contributed by atoms with Crippen LogP contribution in [-0.2, 0) is 6.42 Å². The lowest BCUT2D eigenvalue weighted by atomic mass is 10.0. The number of phenols is 1. The van der Waals surface area contributed by atoms with E-state index >= 15 is 0 Å². The summed E-state index contributed by atoms with van der Waals surface area (Å²) < 4.78 is 1.45. The molecule has 0 aliphatic rings. The molecule has 0 heterocycles. The Labute approximate surface area is 137 Å². The Morgan fingerprint density at radius 2 is 1.79 bits per heavy atom. The number of carboxylic acid groups (broad SMARTS) is 1. The molecule has 0 aromatic heterocycles. The van der Waals surface area contributed by atoms with Crippen LogP contribution in [0.2, 0.25) is 0 Å². The number of aromatic carboxylic acids is 1.